The van der Waals surface area contributed by atoms with Crippen LogP contribution in [0, 0.1) is 23.7 Å². The number of carbonyl (C=O) groups is 12. The Kier molecular flexibility index (Phi) is 28.1. The molecule has 0 unspecified atom stereocenters. The molecule has 0 radical (unpaired) electrons. The van der Waals surface area contributed by atoms with Gasteiger partial charge in [0.05, 0.1) is 36.8 Å². The number of nitrogens with one attached hydrogen (secondary N) is 4. The van der Waals surface area contributed by atoms with Crippen LogP contribution in [0.25, 0.3) is 0 Å². The lowest BCUT2D eigenvalue weighted by atomic mass is 9.84. The average molecular weight is 1460 g/mol. The fraction of sp³-hybridized carbons (Fsp3) is 0.753. The molecule has 4 N–H and O–H groups in total. The molecule has 12 amide bonds. The zero-order valence-corrected chi connectivity index (χ0v) is 62.1. The zero-order chi connectivity index (χ0) is 74.7. The number of fused-ring (bicyclic) bond motifs is 2. The lowest BCUT2D eigenvalue weighted by molar-refractivity contribution is -0.158. The van der Waals surface area contributed by atoms with E-state index >= 15 is 33.6 Å². The van der Waals surface area contributed by atoms with Gasteiger partial charge in [0.1, 0.15) is 59.9 Å². The summed E-state index contributed by atoms with van der Waals surface area (Å²) in [5.74, 6) is -8.78. The normalized spacial score (nSPS) is 28.3. The first-order valence-corrected chi connectivity index (χ1v) is 37.6. The number of benzene rings is 1. The van der Waals surface area contributed by atoms with Gasteiger partial charge in [0.15, 0.2) is 0 Å². The van der Waals surface area contributed by atoms with E-state index < -0.39 is 172 Å². The van der Waals surface area contributed by atoms with Crippen LogP contribution in [0.1, 0.15) is 188 Å². The first-order valence-electron chi connectivity index (χ1n) is 37.2. The molecule has 0 aromatic heterocycles. The monoisotopic (exact) mass is 1450 g/mol. The van der Waals surface area contributed by atoms with Crippen molar-refractivity contribution in [1.29, 1.82) is 0 Å². The molecule has 10 atom stereocenters. The average Bonchev–Trinajstić information content (AvgIpc) is 1.64. The van der Waals surface area contributed by atoms with Gasteiger partial charge in [-0.05, 0) is 126 Å². The number of alkyl halides is 3. The molecule has 1 spiro atoms. The molecule has 4 heterocycles. The van der Waals surface area contributed by atoms with Crippen LogP contribution in [0.5, 0.6) is 0 Å². The number of hydrogen-bond acceptors (Lipinski definition) is 13. The summed E-state index contributed by atoms with van der Waals surface area (Å²) in [5, 5.41) is 11.0. The predicted octanol–water partition coefficient (Wildman–Crippen LogP) is 5.46. The summed E-state index contributed by atoms with van der Waals surface area (Å²) < 4.78 is 47.3. The first kappa shape index (κ1) is 80.6. The van der Waals surface area contributed by atoms with Crippen molar-refractivity contribution in [3.05, 3.63) is 34.3 Å². The summed E-state index contributed by atoms with van der Waals surface area (Å²) >= 11 is 6.17. The van der Waals surface area contributed by atoms with Crippen molar-refractivity contribution in [3.8, 4) is 0 Å². The number of rotatable bonds is 12. The van der Waals surface area contributed by atoms with Crippen molar-refractivity contribution in [1.82, 2.24) is 60.5 Å². The number of ether oxygens (including phenoxy) is 1. The SMILES string of the molecule is CC[C@H](C)[C@@H]1NC(=O)[C@H](CC(C)C)N(CC)C(=O)C[C@@H](C(=O)N2CCOCC2)N(C)C(=O)[C@H](C2CCCC2)N(C)C(=O)C2(CCCC2)NC(=O)[C@@H]2CCCN2C(=O)[C@H](CCc2ccc(C(F)(F)F)c(Cl)c2)NC(=O)CN(C)C(=O)[C@H](CC2CCCCC2)N(C)C(=O)[C@@H]2CCN2C(=O)[C@H](C)NC1=O. The van der Waals surface area contributed by atoms with E-state index in [1.807, 2.05) is 20.8 Å². The van der Waals surface area contributed by atoms with Crippen LogP contribution in [-0.2, 0) is 74.9 Å². The van der Waals surface area contributed by atoms with Gasteiger partial charge in [-0.1, -0.05) is 110 Å². The van der Waals surface area contributed by atoms with Crippen molar-refractivity contribution >= 4 is 82.5 Å². The fourth-order valence-corrected chi connectivity index (χ4v) is 16.7. The molecular weight excluding hydrogens is 1350 g/mol. The Morgan fingerprint density at radius 3 is 1.92 bits per heavy atom. The van der Waals surface area contributed by atoms with Crippen LogP contribution in [0.4, 0.5) is 13.2 Å². The molecule has 3 saturated carbocycles. The Hall–Kier alpha value is -7.10. The van der Waals surface area contributed by atoms with Crippen LogP contribution >= 0.6 is 11.6 Å². The van der Waals surface area contributed by atoms with Gasteiger partial charge >= 0.3 is 6.18 Å². The molecule has 8 rings (SSSR count). The molecule has 4 aliphatic heterocycles. The third-order valence-corrected chi connectivity index (χ3v) is 23.0. The summed E-state index contributed by atoms with van der Waals surface area (Å²) in [5.41, 5.74) is -2.35. The largest absolute Gasteiger partial charge is 0.417 e. The zero-order valence-electron chi connectivity index (χ0n) is 61.3. The van der Waals surface area contributed by atoms with Crippen LogP contribution < -0.4 is 21.3 Å². The van der Waals surface area contributed by atoms with Crippen LogP contribution in [-0.4, -0.2) is 251 Å². The number of halogens is 4. The number of carbonyl (C=O) groups excluding carboxylic acids is 12. The van der Waals surface area contributed by atoms with E-state index in [0.29, 0.717) is 44.1 Å². The molecule has 1 aromatic carbocycles. The van der Waals surface area contributed by atoms with Crippen LogP contribution in [0.3, 0.4) is 0 Å². The second-order valence-corrected chi connectivity index (χ2v) is 30.5. The third kappa shape index (κ3) is 19.1. The smallest absolute Gasteiger partial charge is 0.378 e. The van der Waals surface area contributed by atoms with Gasteiger partial charge < -0.3 is 65.2 Å². The fourth-order valence-electron chi connectivity index (χ4n) is 16.4. The van der Waals surface area contributed by atoms with E-state index in [4.69, 9.17) is 16.3 Å². The molecule has 7 aliphatic rings. The van der Waals surface area contributed by atoms with Crippen LogP contribution in [0.2, 0.25) is 5.02 Å². The highest BCUT2D eigenvalue weighted by molar-refractivity contribution is 6.31. The minimum absolute atomic E-state index is 0.0213. The van der Waals surface area contributed by atoms with Gasteiger partial charge in [0, 0.05) is 60.9 Å². The standard InChI is InChI=1S/C73H110ClF3N12O13/c1-11-45(5)60-64(94)78-46(6)65(95)89-34-30-54(89)68(98)83(8)56(41-47-21-14-13-15-22-47)67(97)82(7)43-58(90)79-52(29-27-48-26-28-50(51(74)40-48)73(75,76)77)66(96)88-33-20-25-53(88)63(93)81-72(31-18-19-32-72)71(101)85(10)61(49-23-16-17-24-49)70(100)84(9)57(69(99)86-35-37-102-38-36-86)42-59(91)87(12-2)55(39-44(3)4)62(92)80-60/h26,28,40,44-47,49,52-57,60-61H,11-25,27,29-39,41-43H2,1-10H3,(H,78,94)(H,79,90)(H,80,92)(H,81,93)/t45-,46-,52-,53-,54-,55-,56-,57-,60-,61-/m0/s1. The minimum atomic E-state index is -4.76. The molecule has 568 valence electrons. The molecule has 4 saturated heterocycles. The van der Waals surface area contributed by atoms with E-state index in [2.05, 4.69) is 21.3 Å². The molecule has 29 heteroatoms. The maximum absolute atomic E-state index is 15.8. The first-order chi connectivity index (χ1) is 48.3. The highest BCUT2D eigenvalue weighted by atomic mass is 35.5. The third-order valence-electron chi connectivity index (χ3n) is 22.7. The van der Waals surface area contributed by atoms with Gasteiger partial charge in [0.2, 0.25) is 70.9 Å². The molecule has 25 nitrogen and oxygen atoms in total. The summed E-state index contributed by atoms with van der Waals surface area (Å²) in [4.78, 5) is 191. The quantitative estimate of drug-likeness (QED) is 0.203. The summed E-state index contributed by atoms with van der Waals surface area (Å²) in [7, 11) is 5.80. The van der Waals surface area contributed by atoms with Crippen molar-refractivity contribution in [2.45, 2.75) is 249 Å². The van der Waals surface area contributed by atoms with Gasteiger partial charge in [-0.3, -0.25) is 57.5 Å². The van der Waals surface area contributed by atoms with E-state index in [9.17, 15) is 37.1 Å². The molecule has 102 heavy (non-hydrogen) atoms. The Balaban J connectivity index is 1.18. The summed E-state index contributed by atoms with van der Waals surface area (Å²) in [6.07, 6.45) is 4.08. The lowest BCUT2D eigenvalue weighted by Crippen LogP contribution is -2.65. The number of amides is 12. The van der Waals surface area contributed by atoms with E-state index in [-0.39, 0.29) is 109 Å². The summed E-state index contributed by atoms with van der Waals surface area (Å²) in [6.45, 7) is 10.7. The number of nitrogens with zero attached hydrogens (tertiary/aromatic N) is 8. The van der Waals surface area contributed by atoms with E-state index in [1.165, 1.54) is 75.5 Å². The second-order valence-electron chi connectivity index (χ2n) is 30.1. The van der Waals surface area contributed by atoms with Crippen molar-refractivity contribution in [2.24, 2.45) is 23.7 Å². The maximum atomic E-state index is 15.8. The number of likely N-dealkylation sites (N-methyl/N-ethyl adjacent to an activating group) is 5. The maximum Gasteiger partial charge on any atom is 0.417 e. The van der Waals surface area contributed by atoms with Gasteiger partial charge in [-0.25, -0.2) is 0 Å². The van der Waals surface area contributed by atoms with Crippen molar-refractivity contribution < 1.29 is 75.4 Å². The van der Waals surface area contributed by atoms with Crippen LogP contribution in [0.15, 0.2) is 18.2 Å². The summed E-state index contributed by atoms with van der Waals surface area (Å²) in [6, 6.07) is -7.88. The molecule has 0 bridgehead atoms. The number of morpholine rings is 1. The van der Waals surface area contributed by atoms with E-state index in [0.717, 1.165) is 62.0 Å². The Morgan fingerprint density at radius 1 is 0.676 bits per heavy atom. The Labute approximate surface area is 603 Å². The molecule has 3 aliphatic carbocycles. The van der Waals surface area contributed by atoms with Gasteiger partial charge in [-0.2, -0.15) is 13.2 Å². The number of hydrogen-bond donors (Lipinski definition) is 4. The highest BCUT2D eigenvalue weighted by Gasteiger charge is 2.52. The Bertz CT molecular complexity index is 3210. The molecular formula is C73H110ClF3N12O13. The minimum Gasteiger partial charge on any atom is -0.378 e. The van der Waals surface area contributed by atoms with Gasteiger partial charge in [0.25, 0.3) is 0 Å². The molecule has 7 fully saturated rings. The topological polar surface area (TPSA) is 288 Å². The predicted molar refractivity (Wildman–Crippen MR) is 373 cm³/mol. The highest BCUT2D eigenvalue weighted by Crippen LogP contribution is 2.39. The van der Waals surface area contributed by atoms with Crippen molar-refractivity contribution in [2.75, 3.05) is 80.7 Å². The van der Waals surface area contributed by atoms with Crippen molar-refractivity contribution in [3.63, 3.8) is 0 Å². The Morgan fingerprint density at radius 2 is 1.32 bits per heavy atom. The van der Waals surface area contributed by atoms with Gasteiger partial charge in [-0.15, -0.1) is 0 Å². The second kappa shape index (κ2) is 35.6. The lowest BCUT2D eigenvalue weighted by Gasteiger charge is -2.44. The van der Waals surface area contributed by atoms with E-state index in [1.54, 1.807) is 13.8 Å². The number of aryl methyl sites for hydroxylation is 1. The molecule has 1 aromatic rings.